The van der Waals surface area contributed by atoms with Gasteiger partial charge in [-0.05, 0) is 30.4 Å². The first kappa shape index (κ1) is 21.0. The molecule has 0 spiro atoms. The Morgan fingerprint density at radius 3 is 2.28 bits per heavy atom. The van der Waals surface area contributed by atoms with Crippen LogP contribution in [0.1, 0.15) is 50.4 Å². The number of rotatable bonds is 8. The molecule has 138 valence electrons. The first-order valence-electron chi connectivity index (χ1n) is 8.27. The van der Waals surface area contributed by atoms with Crippen molar-refractivity contribution in [1.82, 2.24) is 10.9 Å². The summed E-state index contributed by atoms with van der Waals surface area (Å²) in [5.41, 5.74) is 4.80. The molecule has 7 heteroatoms. The Hall–Kier alpha value is -2.08. The van der Waals surface area contributed by atoms with Gasteiger partial charge in [0.15, 0.2) is 0 Å². The molecule has 0 bridgehead atoms. The van der Waals surface area contributed by atoms with Gasteiger partial charge < -0.3 is 9.90 Å². The summed E-state index contributed by atoms with van der Waals surface area (Å²) in [7, 11) is 0. The molecule has 2 amide bonds. The highest BCUT2D eigenvalue weighted by Gasteiger charge is 2.22. The molecular weight excluding hydrogens is 344 g/mol. The normalized spacial score (nSPS) is 13.2. The predicted octanol–water partition coefficient (Wildman–Crippen LogP) is 1.93. The standard InChI is InChI=1S/C18H25ClN2O4/c1-11(2)8-9-13(18(24)25)12(3)10-16(22)20-21-17(23)14-6-4-5-7-15(14)19/h4-7,11-13H,8-10H2,1-3H3,(H,20,22)(H,21,23)(H,24,25)/p-1/t12-,13-/m0/s1. The first-order chi connectivity index (χ1) is 11.7. The van der Waals surface area contributed by atoms with E-state index in [9.17, 15) is 19.5 Å². The van der Waals surface area contributed by atoms with E-state index in [1.165, 1.54) is 6.07 Å². The van der Waals surface area contributed by atoms with Crippen LogP contribution in [0.4, 0.5) is 0 Å². The highest BCUT2D eigenvalue weighted by molar-refractivity contribution is 6.33. The molecule has 0 saturated heterocycles. The van der Waals surface area contributed by atoms with Gasteiger partial charge in [-0.3, -0.25) is 20.4 Å². The number of hydrogen-bond acceptors (Lipinski definition) is 4. The average molecular weight is 368 g/mol. The minimum Gasteiger partial charge on any atom is -0.550 e. The van der Waals surface area contributed by atoms with E-state index in [4.69, 9.17) is 11.6 Å². The summed E-state index contributed by atoms with van der Waals surface area (Å²) in [4.78, 5) is 35.2. The first-order valence-corrected chi connectivity index (χ1v) is 8.64. The Morgan fingerprint density at radius 2 is 1.72 bits per heavy atom. The van der Waals surface area contributed by atoms with E-state index in [0.717, 1.165) is 6.42 Å². The Morgan fingerprint density at radius 1 is 1.08 bits per heavy atom. The number of carbonyl (C=O) groups excluding carboxylic acids is 3. The van der Waals surface area contributed by atoms with Crippen molar-refractivity contribution in [2.75, 3.05) is 0 Å². The second-order valence-electron chi connectivity index (χ2n) is 6.56. The molecule has 0 radical (unpaired) electrons. The lowest BCUT2D eigenvalue weighted by atomic mass is 9.85. The molecular formula is C18H24ClN2O4-. The predicted molar refractivity (Wildman–Crippen MR) is 93.4 cm³/mol. The van der Waals surface area contributed by atoms with E-state index in [2.05, 4.69) is 10.9 Å². The summed E-state index contributed by atoms with van der Waals surface area (Å²) in [6.07, 6.45) is 1.17. The Kier molecular flexibility index (Phi) is 8.41. The zero-order chi connectivity index (χ0) is 19.0. The van der Waals surface area contributed by atoms with E-state index in [0.29, 0.717) is 12.3 Å². The number of amides is 2. The van der Waals surface area contributed by atoms with Gasteiger partial charge in [-0.1, -0.05) is 50.9 Å². The van der Waals surface area contributed by atoms with Crippen LogP contribution >= 0.6 is 11.6 Å². The molecule has 1 aromatic carbocycles. The van der Waals surface area contributed by atoms with Crippen LogP contribution in [0.5, 0.6) is 0 Å². The van der Waals surface area contributed by atoms with E-state index in [-0.39, 0.29) is 17.0 Å². The smallest absolute Gasteiger partial charge is 0.271 e. The topological polar surface area (TPSA) is 98.3 Å². The molecule has 2 atom stereocenters. The lowest BCUT2D eigenvalue weighted by molar-refractivity contribution is -0.313. The van der Waals surface area contributed by atoms with Gasteiger partial charge in [-0.2, -0.15) is 0 Å². The van der Waals surface area contributed by atoms with E-state index >= 15 is 0 Å². The summed E-state index contributed by atoms with van der Waals surface area (Å²) in [5.74, 6) is -2.89. The zero-order valence-corrected chi connectivity index (χ0v) is 15.4. The fourth-order valence-corrected chi connectivity index (χ4v) is 2.69. The van der Waals surface area contributed by atoms with Crippen LogP contribution in [0, 0.1) is 17.8 Å². The molecule has 0 unspecified atom stereocenters. The third-order valence-electron chi connectivity index (χ3n) is 3.99. The highest BCUT2D eigenvalue weighted by Crippen LogP contribution is 2.22. The molecule has 0 saturated carbocycles. The number of aliphatic carboxylic acids is 1. The molecule has 0 heterocycles. The van der Waals surface area contributed by atoms with Gasteiger partial charge in [0.25, 0.3) is 5.91 Å². The van der Waals surface area contributed by atoms with Gasteiger partial charge in [0.1, 0.15) is 0 Å². The number of benzene rings is 1. The number of hydrogen-bond donors (Lipinski definition) is 2. The minimum atomic E-state index is -1.15. The van der Waals surface area contributed by atoms with Crippen molar-refractivity contribution < 1.29 is 19.5 Å². The number of carboxylic acids is 1. The fraction of sp³-hybridized carbons (Fsp3) is 0.500. The molecule has 0 aromatic heterocycles. The largest absolute Gasteiger partial charge is 0.550 e. The Labute approximate surface area is 152 Å². The van der Waals surface area contributed by atoms with Crippen LogP contribution in [0.3, 0.4) is 0 Å². The van der Waals surface area contributed by atoms with Crippen LogP contribution < -0.4 is 16.0 Å². The summed E-state index contributed by atoms with van der Waals surface area (Å²) >= 11 is 5.91. The lowest BCUT2D eigenvalue weighted by Crippen LogP contribution is -2.43. The van der Waals surface area contributed by atoms with E-state index in [1.807, 2.05) is 13.8 Å². The molecule has 6 nitrogen and oxygen atoms in total. The zero-order valence-electron chi connectivity index (χ0n) is 14.7. The van der Waals surface area contributed by atoms with Crippen LogP contribution in [-0.4, -0.2) is 17.8 Å². The van der Waals surface area contributed by atoms with Gasteiger partial charge in [0, 0.05) is 18.3 Å². The number of carboxylic acid groups (broad SMARTS) is 1. The fourth-order valence-electron chi connectivity index (χ4n) is 2.47. The second kappa shape index (κ2) is 10.0. The molecule has 0 aliphatic heterocycles. The second-order valence-corrected chi connectivity index (χ2v) is 6.97. The number of halogens is 1. The molecule has 2 N–H and O–H groups in total. The van der Waals surface area contributed by atoms with Crippen molar-refractivity contribution in [2.24, 2.45) is 17.8 Å². The van der Waals surface area contributed by atoms with Crippen molar-refractivity contribution in [3.05, 3.63) is 34.9 Å². The van der Waals surface area contributed by atoms with Gasteiger partial charge in [0.2, 0.25) is 5.91 Å². The number of hydrazine groups is 1. The van der Waals surface area contributed by atoms with Gasteiger partial charge >= 0.3 is 0 Å². The molecule has 1 aromatic rings. The van der Waals surface area contributed by atoms with Gasteiger partial charge in [-0.15, -0.1) is 0 Å². The maximum atomic E-state index is 12.0. The molecule has 1 rings (SSSR count). The number of nitrogens with one attached hydrogen (secondary N) is 2. The molecule has 0 aliphatic rings. The van der Waals surface area contributed by atoms with Crippen LogP contribution in [0.25, 0.3) is 0 Å². The summed E-state index contributed by atoms with van der Waals surface area (Å²) in [5, 5.41) is 11.6. The van der Waals surface area contributed by atoms with E-state index in [1.54, 1.807) is 25.1 Å². The maximum Gasteiger partial charge on any atom is 0.271 e. The van der Waals surface area contributed by atoms with Crippen LogP contribution in [-0.2, 0) is 9.59 Å². The summed E-state index contributed by atoms with van der Waals surface area (Å²) in [6, 6.07) is 6.45. The van der Waals surface area contributed by atoms with Crippen molar-refractivity contribution in [2.45, 2.75) is 40.0 Å². The van der Waals surface area contributed by atoms with Gasteiger partial charge in [-0.25, -0.2) is 0 Å². The molecule has 25 heavy (non-hydrogen) atoms. The summed E-state index contributed by atoms with van der Waals surface area (Å²) < 4.78 is 0. The van der Waals surface area contributed by atoms with Crippen molar-refractivity contribution >= 4 is 29.4 Å². The Balaban J connectivity index is 2.53. The van der Waals surface area contributed by atoms with Crippen molar-refractivity contribution in [1.29, 1.82) is 0 Å². The van der Waals surface area contributed by atoms with Crippen molar-refractivity contribution in [3.8, 4) is 0 Å². The van der Waals surface area contributed by atoms with Crippen LogP contribution in [0.2, 0.25) is 5.02 Å². The highest BCUT2D eigenvalue weighted by atomic mass is 35.5. The van der Waals surface area contributed by atoms with Crippen molar-refractivity contribution in [3.63, 3.8) is 0 Å². The lowest BCUT2D eigenvalue weighted by Gasteiger charge is -2.25. The van der Waals surface area contributed by atoms with Gasteiger partial charge in [0.05, 0.1) is 10.6 Å². The van der Waals surface area contributed by atoms with E-state index < -0.39 is 29.6 Å². The minimum absolute atomic E-state index is 0.0282. The number of carbonyl (C=O) groups is 3. The van der Waals surface area contributed by atoms with Crippen LogP contribution in [0.15, 0.2) is 24.3 Å². The maximum absolute atomic E-state index is 12.0. The molecule has 0 aliphatic carbocycles. The third kappa shape index (κ3) is 7.13. The Bertz CT molecular complexity index is 619. The third-order valence-corrected chi connectivity index (χ3v) is 4.32. The quantitative estimate of drug-likeness (QED) is 0.686. The molecule has 0 fully saturated rings. The SMILES string of the molecule is CC(C)CC[C@H](C(=O)[O-])[C@@H](C)CC(=O)NNC(=O)c1ccccc1Cl. The average Bonchev–Trinajstić information content (AvgIpc) is 2.52. The monoisotopic (exact) mass is 367 g/mol. The summed E-state index contributed by atoms with van der Waals surface area (Å²) in [6.45, 7) is 5.71.